The van der Waals surface area contributed by atoms with Gasteiger partial charge >= 0.3 is 0 Å². The lowest BCUT2D eigenvalue weighted by Gasteiger charge is -2.48. The molecule has 0 bridgehead atoms. The predicted octanol–water partition coefficient (Wildman–Crippen LogP) is 12.0. The molecule has 5 aliphatic rings. The summed E-state index contributed by atoms with van der Waals surface area (Å²) in [6, 6.07) is 52.1. The second kappa shape index (κ2) is 13.7. The third-order valence-electron chi connectivity index (χ3n) is 13.3. The van der Waals surface area contributed by atoms with Crippen LogP contribution >= 0.6 is 0 Å². The predicted molar refractivity (Wildman–Crippen MR) is 239 cm³/mol. The molecule has 0 fully saturated rings. The second-order valence-electron chi connectivity index (χ2n) is 15.9. The van der Waals surface area contributed by atoms with E-state index >= 15 is 0 Å². The zero-order valence-electron chi connectivity index (χ0n) is 34.0. The van der Waals surface area contributed by atoms with Crippen molar-refractivity contribution < 1.29 is 18.9 Å². The van der Waals surface area contributed by atoms with Gasteiger partial charge in [-0.25, -0.2) is 0 Å². The number of benzene rings is 6. The van der Waals surface area contributed by atoms with Gasteiger partial charge in [-0.3, -0.25) is 0 Å². The van der Waals surface area contributed by atoms with Crippen LogP contribution in [-0.2, 0) is 10.2 Å². The summed E-state index contributed by atoms with van der Waals surface area (Å²) in [5, 5.41) is 0. The first-order valence-corrected chi connectivity index (χ1v) is 20.4. The van der Waals surface area contributed by atoms with Crippen molar-refractivity contribution in [2.45, 2.75) is 11.8 Å². The topological polar surface area (TPSA) is 40.2 Å². The summed E-state index contributed by atoms with van der Waals surface area (Å²) < 4.78 is 23.4. The maximum Gasteiger partial charge on any atom is 0.118 e. The summed E-state index contributed by atoms with van der Waals surface area (Å²) in [6.45, 7) is 0. The molecule has 0 amide bonds. The van der Waals surface area contributed by atoms with Gasteiger partial charge in [0.15, 0.2) is 0 Å². The Kier molecular flexibility index (Phi) is 8.18. The lowest BCUT2D eigenvalue weighted by Crippen LogP contribution is -2.40. The lowest BCUT2D eigenvalue weighted by molar-refractivity contribution is 0.206. The van der Waals surface area contributed by atoms with E-state index in [0.29, 0.717) is 0 Å². The lowest BCUT2D eigenvalue weighted by atomic mass is 9.62. The Balaban J connectivity index is 1.22. The maximum absolute atomic E-state index is 6.52. The molecule has 5 heteroatoms. The van der Waals surface area contributed by atoms with Gasteiger partial charge in [-0.2, -0.15) is 0 Å². The van der Waals surface area contributed by atoms with Crippen molar-refractivity contribution in [1.29, 1.82) is 0 Å². The molecule has 1 unspecified atom stereocenters. The van der Waals surface area contributed by atoms with E-state index in [1.807, 2.05) is 43.5 Å². The standard InChI is InChI=1S/C55H43NO4/c1-57-38-23-17-35(18-24-38)45(36-19-25-39(58-2)26-20-36)33-56-34-46(37-21-27-40(59-3)28-22-37)47-29-30-53(60-4)54(47)32-44-43-13-7-10-16-50(43)55(51(44)31-52(54)56)48-14-8-5-11-41(48)42-12-6-9-15-49(42)55/h5-31,33-34H,32H2,1-4H3. The second-order valence-corrected chi connectivity index (χ2v) is 15.9. The van der Waals surface area contributed by atoms with Gasteiger partial charge < -0.3 is 23.8 Å². The smallest absolute Gasteiger partial charge is 0.118 e. The number of hydrogen-bond acceptors (Lipinski definition) is 5. The summed E-state index contributed by atoms with van der Waals surface area (Å²) in [7, 11) is 6.94. The molecule has 0 aromatic heterocycles. The number of hydrogen-bond donors (Lipinski definition) is 0. The van der Waals surface area contributed by atoms with E-state index in [2.05, 4.69) is 145 Å². The van der Waals surface area contributed by atoms with Crippen LogP contribution in [0.25, 0.3) is 27.8 Å². The van der Waals surface area contributed by atoms with E-state index in [-0.39, 0.29) is 0 Å². The molecule has 0 N–H and O–H groups in total. The highest BCUT2D eigenvalue weighted by Gasteiger charge is 2.59. The third kappa shape index (κ3) is 4.92. The Morgan fingerprint density at radius 3 is 1.58 bits per heavy atom. The number of allylic oxidation sites excluding steroid dienone is 6. The molecule has 2 spiro atoms. The van der Waals surface area contributed by atoms with Crippen LogP contribution in [0.5, 0.6) is 17.2 Å². The molecule has 4 aliphatic carbocycles. The van der Waals surface area contributed by atoms with Crippen LogP contribution in [0, 0.1) is 5.41 Å². The first-order chi connectivity index (χ1) is 29.5. The highest BCUT2D eigenvalue weighted by Crippen LogP contribution is 2.69. The molecule has 0 saturated heterocycles. The molecule has 11 rings (SSSR count). The van der Waals surface area contributed by atoms with Gasteiger partial charge in [0.05, 0.1) is 39.3 Å². The minimum Gasteiger partial charge on any atom is -0.500 e. The van der Waals surface area contributed by atoms with E-state index in [4.69, 9.17) is 18.9 Å². The third-order valence-corrected chi connectivity index (χ3v) is 13.3. The van der Waals surface area contributed by atoms with E-state index in [0.717, 1.165) is 63.0 Å². The largest absolute Gasteiger partial charge is 0.500 e. The molecule has 5 nitrogen and oxygen atoms in total. The zero-order chi connectivity index (χ0) is 40.6. The van der Waals surface area contributed by atoms with Crippen LogP contribution in [0.15, 0.2) is 199 Å². The first-order valence-electron chi connectivity index (χ1n) is 20.4. The number of methoxy groups -OCH3 is 4. The van der Waals surface area contributed by atoms with E-state index in [9.17, 15) is 0 Å². The van der Waals surface area contributed by atoms with Crippen molar-refractivity contribution in [2.24, 2.45) is 5.41 Å². The molecule has 60 heavy (non-hydrogen) atoms. The SMILES string of the molecule is COC1=CC=C2C(c3ccc(OC)cc3)=CN(C=C(c3ccc(OC)cc3)c3ccc(OC)cc3)C3=CC4=C(CC123)c1ccccc1C41c2ccccc2-c2ccccc21. The molecule has 0 saturated carbocycles. The number of rotatable bonds is 8. The fourth-order valence-corrected chi connectivity index (χ4v) is 10.7. The normalized spacial score (nSPS) is 18.4. The van der Waals surface area contributed by atoms with E-state index < -0.39 is 10.8 Å². The minimum atomic E-state index is -0.630. The molecule has 0 radical (unpaired) electrons. The fourth-order valence-electron chi connectivity index (χ4n) is 10.7. The van der Waals surface area contributed by atoms with Crippen molar-refractivity contribution in [3.8, 4) is 28.4 Å². The van der Waals surface area contributed by atoms with Crippen molar-refractivity contribution in [2.75, 3.05) is 28.4 Å². The van der Waals surface area contributed by atoms with Crippen LogP contribution in [-0.4, -0.2) is 33.3 Å². The van der Waals surface area contributed by atoms with Crippen LogP contribution < -0.4 is 14.2 Å². The first kappa shape index (κ1) is 35.9. The quantitative estimate of drug-likeness (QED) is 0.154. The van der Waals surface area contributed by atoms with Crippen LogP contribution in [0.2, 0.25) is 0 Å². The Labute approximate surface area is 351 Å². The summed E-state index contributed by atoms with van der Waals surface area (Å²) in [5.74, 6) is 3.35. The molecule has 1 heterocycles. The summed E-state index contributed by atoms with van der Waals surface area (Å²) in [4.78, 5) is 2.38. The van der Waals surface area contributed by atoms with Gasteiger partial charge in [0, 0.05) is 29.2 Å². The Morgan fingerprint density at radius 2 is 1.05 bits per heavy atom. The molecule has 6 aromatic rings. The molecule has 1 atom stereocenters. The average Bonchev–Trinajstić information content (AvgIpc) is 3.93. The maximum atomic E-state index is 6.52. The van der Waals surface area contributed by atoms with Crippen molar-refractivity contribution in [1.82, 2.24) is 4.90 Å². The van der Waals surface area contributed by atoms with Crippen molar-refractivity contribution >= 4 is 16.7 Å². The van der Waals surface area contributed by atoms with Gasteiger partial charge in [0.2, 0.25) is 0 Å². The number of nitrogens with zero attached hydrogens (tertiary/aromatic N) is 1. The van der Waals surface area contributed by atoms with Gasteiger partial charge in [0.25, 0.3) is 0 Å². The minimum absolute atomic E-state index is 0.489. The van der Waals surface area contributed by atoms with E-state index in [1.165, 1.54) is 50.1 Å². The van der Waals surface area contributed by atoms with Gasteiger partial charge in [-0.05, 0) is 122 Å². The summed E-state index contributed by atoms with van der Waals surface area (Å²) >= 11 is 0. The van der Waals surface area contributed by atoms with E-state index in [1.54, 1.807) is 21.3 Å². The van der Waals surface area contributed by atoms with Gasteiger partial charge in [-0.15, -0.1) is 0 Å². The highest BCUT2D eigenvalue weighted by atomic mass is 16.5. The molecule has 292 valence electrons. The number of ether oxygens (including phenoxy) is 4. The molecule has 1 aliphatic heterocycles. The van der Waals surface area contributed by atoms with Crippen molar-refractivity contribution in [3.63, 3.8) is 0 Å². The van der Waals surface area contributed by atoms with Crippen molar-refractivity contribution in [3.05, 3.63) is 238 Å². The fraction of sp³-hybridized carbons (Fsp3) is 0.127. The Morgan fingerprint density at radius 1 is 0.550 bits per heavy atom. The highest BCUT2D eigenvalue weighted by molar-refractivity contribution is 5.98. The Bertz CT molecular complexity index is 2830. The van der Waals surface area contributed by atoms with Crippen LogP contribution in [0.3, 0.4) is 0 Å². The molecular weight excluding hydrogens is 739 g/mol. The Hall–Kier alpha value is -7.24. The summed E-state index contributed by atoms with van der Waals surface area (Å²) in [6.07, 6.45) is 12.3. The van der Waals surface area contributed by atoms with Crippen LogP contribution in [0.4, 0.5) is 0 Å². The zero-order valence-corrected chi connectivity index (χ0v) is 34.0. The van der Waals surface area contributed by atoms with Gasteiger partial charge in [0.1, 0.15) is 23.0 Å². The molecular formula is C55H43NO4. The summed E-state index contributed by atoms with van der Waals surface area (Å²) in [5.41, 5.74) is 17.2. The van der Waals surface area contributed by atoms with Crippen LogP contribution in [0.1, 0.15) is 45.4 Å². The van der Waals surface area contributed by atoms with Gasteiger partial charge in [-0.1, -0.05) is 115 Å². The number of fused-ring (bicyclic) bond motifs is 9. The molecule has 6 aromatic carbocycles. The average molecular weight is 782 g/mol. The monoisotopic (exact) mass is 781 g/mol.